The maximum absolute atomic E-state index is 6.00. The topological polar surface area (TPSA) is 15.7 Å². The molecule has 1 spiro atoms. The van der Waals surface area contributed by atoms with E-state index >= 15 is 0 Å². The molecule has 0 saturated carbocycles. The number of hydrogen-bond donors (Lipinski definition) is 0. The van der Waals surface area contributed by atoms with Crippen LogP contribution >= 0.6 is 0 Å². The number of likely N-dealkylation sites (tertiary alicyclic amines) is 1. The van der Waals surface area contributed by atoms with Gasteiger partial charge in [-0.2, -0.15) is 0 Å². The first-order valence-corrected chi connectivity index (χ1v) is 5.79. The third-order valence-corrected chi connectivity index (χ3v) is 3.65. The molecule has 0 bridgehead atoms. The molecular formula is C11H22N2O. The number of nitrogens with zero attached hydrogens (tertiary/aromatic N) is 2. The average Bonchev–Trinajstić information content (AvgIpc) is 2.19. The van der Waals surface area contributed by atoms with Gasteiger partial charge < -0.3 is 14.5 Å². The third kappa shape index (κ3) is 2.10. The summed E-state index contributed by atoms with van der Waals surface area (Å²) in [5.74, 6) is 0. The number of ether oxygens (including phenoxy) is 1. The highest BCUT2D eigenvalue weighted by Crippen LogP contribution is 2.29. The Hall–Kier alpha value is -0.120. The maximum atomic E-state index is 6.00. The summed E-state index contributed by atoms with van der Waals surface area (Å²) in [5.41, 5.74) is 0.193. The highest BCUT2D eigenvalue weighted by Gasteiger charge is 2.38. The molecule has 3 nitrogen and oxygen atoms in total. The van der Waals surface area contributed by atoms with Crippen LogP contribution in [0.5, 0.6) is 0 Å². The molecule has 2 heterocycles. The van der Waals surface area contributed by atoms with E-state index in [1.807, 2.05) is 0 Å². The van der Waals surface area contributed by atoms with E-state index in [2.05, 4.69) is 23.8 Å². The Morgan fingerprint density at radius 1 is 1.21 bits per heavy atom. The van der Waals surface area contributed by atoms with Gasteiger partial charge in [-0.3, -0.25) is 0 Å². The molecule has 0 aromatic heterocycles. The van der Waals surface area contributed by atoms with E-state index in [0.29, 0.717) is 0 Å². The van der Waals surface area contributed by atoms with Gasteiger partial charge in [0.15, 0.2) is 0 Å². The lowest BCUT2D eigenvalue weighted by Crippen LogP contribution is -2.55. The predicted octanol–water partition coefficient (Wildman–Crippen LogP) is 0.803. The van der Waals surface area contributed by atoms with Crippen LogP contribution in [0.25, 0.3) is 0 Å². The molecule has 14 heavy (non-hydrogen) atoms. The van der Waals surface area contributed by atoms with E-state index in [4.69, 9.17) is 4.74 Å². The first-order valence-electron chi connectivity index (χ1n) is 5.79. The lowest BCUT2D eigenvalue weighted by atomic mass is 9.89. The second-order valence-corrected chi connectivity index (χ2v) is 4.70. The van der Waals surface area contributed by atoms with Crippen LogP contribution in [0.2, 0.25) is 0 Å². The van der Waals surface area contributed by atoms with Crippen LogP contribution in [0.15, 0.2) is 0 Å². The van der Waals surface area contributed by atoms with Gasteiger partial charge in [-0.05, 0) is 26.4 Å². The summed E-state index contributed by atoms with van der Waals surface area (Å²) < 4.78 is 6.00. The van der Waals surface area contributed by atoms with Crippen LogP contribution in [-0.4, -0.2) is 61.8 Å². The molecule has 2 saturated heterocycles. The fourth-order valence-electron chi connectivity index (χ4n) is 2.61. The van der Waals surface area contributed by atoms with Gasteiger partial charge in [-0.1, -0.05) is 6.92 Å². The number of likely N-dealkylation sites (N-methyl/N-ethyl adjacent to an activating group) is 1. The quantitative estimate of drug-likeness (QED) is 0.620. The highest BCUT2D eigenvalue weighted by atomic mass is 16.5. The van der Waals surface area contributed by atoms with Crippen molar-refractivity contribution in [3.8, 4) is 0 Å². The first kappa shape index (κ1) is 10.4. The van der Waals surface area contributed by atoms with Gasteiger partial charge in [-0.25, -0.2) is 0 Å². The fourth-order valence-corrected chi connectivity index (χ4v) is 2.61. The molecule has 0 aromatic carbocycles. The SMILES string of the molecule is CCN1CCC2(CC1)CN(C)CCO2. The van der Waals surface area contributed by atoms with E-state index in [1.165, 1.54) is 32.5 Å². The van der Waals surface area contributed by atoms with Gasteiger partial charge in [0, 0.05) is 26.2 Å². The van der Waals surface area contributed by atoms with E-state index in [9.17, 15) is 0 Å². The van der Waals surface area contributed by atoms with Crippen LogP contribution in [0, 0.1) is 0 Å². The minimum Gasteiger partial charge on any atom is -0.372 e. The molecule has 0 N–H and O–H groups in total. The lowest BCUT2D eigenvalue weighted by molar-refractivity contribution is -0.130. The monoisotopic (exact) mass is 198 g/mol. The van der Waals surface area contributed by atoms with Crippen molar-refractivity contribution >= 4 is 0 Å². The zero-order valence-electron chi connectivity index (χ0n) is 9.46. The number of morpholine rings is 1. The van der Waals surface area contributed by atoms with Crippen molar-refractivity contribution in [2.24, 2.45) is 0 Å². The standard InChI is InChI=1S/C11H22N2O/c1-3-13-6-4-11(5-7-13)10-12(2)8-9-14-11/h3-10H2,1-2H3. The molecule has 82 valence electrons. The van der Waals surface area contributed by atoms with Gasteiger partial charge in [0.1, 0.15) is 0 Å². The van der Waals surface area contributed by atoms with Crippen LogP contribution in [0.3, 0.4) is 0 Å². The van der Waals surface area contributed by atoms with Crippen LogP contribution in [0.1, 0.15) is 19.8 Å². The van der Waals surface area contributed by atoms with Crippen LogP contribution in [-0.2, 0) is 4.74 Å². The first-order chi connectivity index (χ1) is 6.74. The van der Waals surface area contributed by atoms with E-state index in [0.717, 1.165) is 19.7 Å². The van der Waals surface area contributed by atoms with Gasteiger partial charge in [0.25, 0.3) is 0 Å². The van der Waals surface area contributed by atoms with Crippen molar-refractivity contribution in [2.45, 2.75) is 25.4 Å². The van der Waals surface area contributed by atoms with Crippen molar-refractivity contribution < 1.29 is 4.74 Å². The molecule has 0 radical (unpaired) electrons. The van der Waals surface area contributed by atoms with E-state index in [-0.39, 0.29) is 5.60 Å². The van der Waals surface area contributed by atoms with E-state index in [1.54, 1.807) is 0 Å². The summed E-state index contributed by atoms with van der Waals surface area (Å²) in [5, 5.41) is 0. The van der Waals surface area contributed by atoms with Gasteiger partial charge >= 0.3 is 0 Å². The molecule has 0 aliphatic carbocycles. The molecule has 2 aliphatic heterocycles. The molecule has 3 heteroatoms. The summed E-state index contributed by atoms with van der Waals surface area (Å²) in [7, 11) is 2.20. The van der Waals surface area contributed by atoms with E-state index < -0.39 is 0 Å². The zero-order chi connectivity index (χ0) is 10.0. The van der Waals surface area contributed by atoms with Crippen molar-refractivity contribution in [2.75, 3.05) is 46.4 Å². The zero-order valence-corrected chi connectivity index (χ0v) is 9.46. The normalized spacial score (nSPS) is 29.6. The molecule has 2 rings (SSSR count). The number of hydrogen-bond acceptors (Lipinski definition) is 3. The van der Waals surface area contributed by atoms with Crippen molar-refractivity contribution in [3.05, 3.63) is 0 Å². The second-order valence-electron chi connectivity index (χ2n) is 4.70. The number of piperidine rings is 1. The molecule has 0 amide bonds. The van der Waals surface area contributed by atoms with Crippen molar-refractivity contribution in [1.82, 2.24) is 9.80 Å². The molecule has 2 aliphatic rings. The Kier molecular flexibility index (Phi) is 3.10. The summed E-state index contributed by atoms with van der Waals surface area (Å²) in [6.45, 7) is 9.00. The largest absolute Gasteiger partial charge is 0.372 e. The fraction of sp³-hybridized carbons (Fsp3) is 1.00. The van der Waals surface area contributed by atoms with Crippen molar-refractivity contribution in [1.29, 1.82) is 0 Å². The average molecular weight is 198 g/mol. The van der Waals surface area contributed by atoms with Gasteiger partial charge in [0.05, 0.1) is 12.2 Å². The van der Waals surface area contributed by atoms with Gasteiger partial charge in [0.2, 0.25) is 0 Å². The van der Waals surface area contributed by atoms with Crippen LogP contribution < -0.4 is 0 Å². The summed E-state index contributed by atoms with van der Waals surface area (Å²) in [6.07, 6.45) is 2.43. The number of rotatable bonds is 1. The van der Waals surface area contributed by atoms with Gasteiger partial charge in [-0.15, -0.1) is 0 Å². The molecule has 0 aromatic rings. The molecular weight excluding hydrogens is 176 g/mol. The summed E-state index contributed by atoms with van der Waals surface area (Å²) in [4.78, 5) is 4.92. The molecule has 2 fully saturated rings. The molecule has 0 unspecified atom stereocenters. The summed E-state index contributed by atoms with van der Waals surface area (Å²) >= 11 is 0. The Morgan fingerprint density at radius 2 is 1.93 bits per heavy atom. The maximum Gasteiger partial charge on any atom is 0.0833 e. The lowest BCUT2D eigenvalue weighted by Gasteiger charge is -2.46. The highest BCUT2D eigenvalue weighted by molar-refractivity contribution is 4.91. The molecule has 0 atom stereocenters. The predicted molar refractivity (Wildman–Crippen MR) is 57.5 cm³/mol. The summed E-state index contributed by atoms with van der Waals surface area (Å²) in [6, 6.07) is 0. The smallest absolute Gasteiger partial charge is 0.0833 e. The Balaban J connectivity index is 1.91. The Morgan fingerprint density at radius 3 is 2.50 bits per heavy atom. The second kappa shape index (κ2) is 4.17. The Bertz CT molecular complexity index is 188. The third-order valence-electron chi connectivity index (χ3n) is 3.65. The minimum atomic E-state index is 0.193. The minimum absolute atomic E-state index is 0.193. The van der Waals surface area contributed by atoms with Crippen LogP contribution in [0.4, 0.5) is 0 Å². The Labute approximate surface area is 87.0 Å². The van der Waals surface area contributed by atoms with Crippen molar-refractivity contribution in [3.63, 3.8) is 0 Å².